The molecule has 0 spiro atoms. The fraction of sp³-hybridized carbons (Fsp3) is 0.306. The number of aryl methyl sites for hydroxylation is 1. The normalized spacial score (nSPS) is 12.5. The lowest BCUT2D eigenvalue weighted by Gasteiger charge is -2.26. The van der Waals surface area contributed by atoms with Crippen LogP contribution < -0.4 is 0 Å². The van der Waals surface area contributed by atoms with Crippen LogP contribution in [0, 0.1) is 24.4 Å². The summed E-state index contributed by atoms with van der Waals surface area (Å²) in [5.41, 5.74) is 4.64. The summed E-state index contributed by atoms with van der Waals surface area (Å²) >= 11 is 20.7. The molecule has 0 saturated heterocycles. The molecule has 3 nitrogen and oxygen atoms in total. The number of halogens is 8. The smallest absolute Gasteiger partial charge is 0.410 e. The summed E-state index contributed by atoms with van der Waals surface area (Å²) in [6.45, 7) is 8.68. The average Bonchev–Trinajstić information content (AvgIpc) is 3.25. The van der Waals surface area contributed by atoms with E-state index in [9.17, 15) is 18.0 Å². The first kappa shape index (κ1) is 40.9. The molecule has 1 heterocycles. The number of thioether (sulfide) groups is 1. The van der Waals surface area contributed by atoms with Crippen molar-refractivity contribution in [1.82, 2.24) is 4.90 Å². The summed E-state index contributed by atoms with van der Waals surface area (Å²) in [6.07, 6.45) is 1.19. The summed E-state index contributed by atoms with van der Waals surface area (Å²) in [7, 11) is 0. The second-order valence-corrected chi connectivity index (χ2v) is 16.3. The predicted octanol–water partition coefficient (Wildman–Crippen LogP) is 13.2. The SMILES string of the molecule is CC(C)(C)OC(=O)N1CCc2ccc(Cl)c(SCc3ccc(Br)c(F)c3)c2CC1.Cc1ccc(Br)c(F)c1.Fc1cc(CBr)ccc1Br. The highest BCUT2D eigenvalue weighted by molar-refractivity contribution is 9.11. The van der Waals surface area contributed by atoms with Gasteiger partial charge in [-0.1, -0.05) is 51.8 Å². The summed E-state index contributed by atoms with van der Waals surface area (Å²) in [6, 6.07) is 19.2. The number of benzene rings is 4. The van der Waals surface area contributed by atoms with Crippen LogP contribution in [0.25, 0.3) is 0 Å². The van der Waals surface area contributed by atoms with Gasteiger partial charge in [0.05, 0.1) is 18.4 Å². The maximum atomic E-state index is 13.8. The van der Waals surface area contributed by atoms with Crippen molar-refractivity contribution in [2.45, 2.75) is 62.1 Å². The molecule has 0 unspecified atom stereocenters. The molecule has 0 atom stereocenters. The van der Waals surface area contributed by atoms with Crippen LogP contribution in [0.3, 0.4) is 0 Å². The number of hydrogen-bond acceptors (Lipinski definition) is 3. The molecule has 4 aromatic rings. The number of ether oxygens (including phenoxy) is 1. The van der Waals surface area contributed by atoms with Crippen LogP contribution >= 0.6 is 87.1 Å². The summed E-state index contributed by atoms with van der Waals surface area (Å²) in [5.74, 6) is -0.0584. The van der Waals surface area contributed by atoms with Gasteiger partial charge >= 0.3 is 6.09 Å². The Hall–Kier alpha value is -1.50. The standard InChI is InChI=1S/C22H24BrClFNO2S.C7H5Br2F.C7H6BrF/c1-22(2,3)28-21(27)26-10-8-15-5-7-18(24)20(16(15)9-11-26)29-13-14-4-6-17(23)19(25)12-14;8-4-5-1-2-6(9)7(10)3-5;1-5-2-3-6(8)7(9)4-5/h4-7,12H,8-11,13H2,1-3H3;1-3H,4H2;2-4H,1H3. The van der Waals surface area contributed by atoms with Crippen molar-refractivity contribution in [2.75, 3.05) is 13.1 Å². The van der Waals surface area contributed by atoms with E-state index in [0.29, 0.717) is 49.0 Å². The predicted molar refractivity (Wildman–Crippen MR) is 206 cm³/mol. The van der Waals surface area contributed by atoms with E-state index in [1.807, 2.05) is 58.0 Å². The highest BCUT2D eigenvalue weighted by atomic mass is 79.9. The van der Waals surface area contributed by atoms with Crippen molar-refractivity contribution < 1.29 is 22.7 Å². The van der Waals surface area contributed by atoms with Crippen LogP contribution in [0.5, 0.6) is 0 Å². The molecule has 0 fully saturated rings. The van der Waals surface area contributed by atoms with Gasteiger partial charge in [0, 0.05) is 29.1 Å². The largest absolute Gasteiger partial charge is 0.444 e. The average molecular weight is 958 g/mol. The van der Waals surface area contributed by atoms with E-state index >= 15 is 0 Å². The lowest BCUT2D eigenvalue weighted by atomic mass is 10.0. The van der Waals surface area contributed by atoms with Crippen LogP contribution in [0.15, 0.2) is 85.0 Å². The fourth-order valence-corrected chi connectivity index (χ4v) is 6.97. The molecule has 1 aliphatic rings. The second kappa shape index (κ2) is 19.2. The minimum Gasteiger partial charge on any atom is -0.444 e. The Morgan fingerprint density at radius 1 is 0.833 bits per heavy atom. The summed E-state index contributed by atoms with van der Waals surface area (Å²) in [4.78, 5) is 15.2. The number of rotatable bonds is 4. The third-order valence-corrected chi connectivity index (χ3v) is 11.1. The summed E-state index contributed by atoms with van der Waals surface area (Å²) < 4.78 is 46.1. The number of hydrogen-bond donors (Lipinski definition) is 0. The van der Waals surface area contributed by atoms with Crippen molar-refractivity contribution in [3.8, 4) is 0 Å². The molecule has 12 heteroatoms. The molecular weight excluding hydrogens is 923 g/mol. The van der Waals surface area contributed by atoms with Crippen molar-refractivity contribution in [1.29, 1.82) is 0 Å². The van der Waals surface area contributed by atoms with Crippen LogP contribution in [-0.4, -0.2) is 29.7 Å². The van der Waals surface area contributed by atoms with Crippen molar-refractivity contribution in [2.24, 2.45) is 0 Å². The van der Waals surface area contributed by atoms with Gasteiger partial charge in [0.25, 0.3) is 0 Å². The molecule has 0 radical (unpaired) electrons. The zero-order valence-corrected chi connectivity index (χ0v) is 34.7. The molecule has 0 aliphatic carbocycles. The molecule has 0 bridgehead atoms. The van der Waals surface area contributed by atoms with E-state index in [1.165, 1.54) is 29.3 Å². The molecule has 1 aliphatic heterocycles. The molecular formula is C36H35Br4ClF3NO2S. The Morgan fingerprint density at radius 2 is 1.38 bits per heavy atom. The fourth-order valence-electron chi connectivity index (χ4n) is 4.44. The Balaban J connectivity index is 0.000000266. The maximum absolute atomic E-state index is 13.8. The van der Waals surface area contributed by atoms with E-state index in [4.69, 9.17) is 16.3 Å². The molecule has 5 rings (SSSR count). The maximum Gasteiger partial charge on any atom is 0.410 e. The highest BCUT2D eigenvalue weighted by Crippen LogP contribution is 2.37. The van der Waals surface area contributed by atoms with Gasteiger partial charge in [0.1, 0.15) is 23.1 Å². The van der Waals surface area contributed by atoms with Crippen molar-refractivity contribution >= 4 is 93.2 Å². The lowest BCUT2D eigenvalue weighted by molar-refractivity contribution is 0.0258. The quantitative estimate of drug-likeness (QED) is 0.151. The van der Waals surface area contributed by atoms with E-state index in [2.05, 4.69) is 63.7 Å². The first-order chi connectivity index (χ1) is 22.6. The van der Waals surface area contributed by atoms with Crippen LogP contribution in [0.2, 0.25) is 5.02 Å². The number of fused-ring (bicyclic) bond motifs is 1. The molecule has 0 saturated carbocycles. The van der Waals surface area contributed by atoms with Crippen LogP contribution in [0.4, 0.5) is 18.0 Å². The number of carbonyl (C=O) groups is 1. The third-order valence-electron chi connectivity index (χ3n) is 6.82. The zero-order chi connectivity index (χ0) is 35.6. The second-order valence-electron chi connectivity index (χ2n) is 11.8. The van der Waals surface area contributed by atoms with Gasteiger partial charge in [0.15, 0.2) is 0 Å². The van der Waals surface area contributed by atoms with Gasteiger partial charge in [-0.25, -0.2) is 18.0 Å². The number of alkyl halides is 1. The lowest BCUT2D eigenvalue weighted by Crippen LogP contribution is -2.38. The first-order valence-corrected chi connectivity index (χ1v) is 19.7. The van der Waals surface area contributed by atoms with Gasteiger partial charge in [-0.05, 0) is 159 Å². The number of nitrogens with zero attached hydrogens (tertiary/aromatic N) is 1. The minimum absolute atomic E-state index is 0.199. The van der Waals surface area contributed by atoms with Gasteiger partial charge < -0.3 is 9.64 Å². The van der Waals surface area contributed by atoms with Crippen molar-refractivity contribution in [3.63, 3.8) is 0 Å². The zero-order valence-electron chi connectivity index (χ0n) is 26.8. The highest BCUT2D eigenvalue weighted by Gasteiger charge is 2.25. The van der Waals surface area contributed by atoms with Gasteiger partial charge in [-0.15, -0.1) is 11.8 Å². The number of carbonyl (C=O) groups excluding carboxylic acids is 1. The minimum atomic E-state index is -0.513. The third kappa shape index (κ3) is 13.0. The Labute approximate surface area is 323 Å². The first-order valence-electron chi connectivity index (χ1n) is 14.8. The van der Waals surface area contributed by atoms with Crippen molar-refractivity contribution in [3.05, 3.63) is 130 Å². The number of amides is 1. The Kier molecular flexibility index (Phi) is 16.4. The van der Waals surface area contributed by atoms with Crippen LogP contribution in [0.1, 0.15) is 48.6 Å². The molecule has 48 heavy (non-hydrogen) atoms. The van der Waals surface area contributed by atoms with E-state index in [1.54, 1.807) is 34.9 Å². The topological polar surface area (TPSA) is 29.5 Å². The Morgan fingerprint density at radius 3 is 1.92 bits per heavy atom. The van der Waals surface area contributed by atoms with E-state index < -0.39 is 5.60 Å². The van der Waals surface area contributed by atoms with Gasteiger partial charge in [-0.2, -0.15) is 0 Å². The Bertz CT molecular complexity index is 1720. The van der Waals surface area contributed by atoms with Gasteiger partial charge in [-0.3, -0.25) is 0 Å². The molecule has 0 N–H and O–H groups in total. The molecule has 4 aromatic carbocycles. The van der Waals surface area contributed by atoms with E-state index in [-0.39, 0.29) is 23.5 Å². The van der Waals surface area contributed by atoms with Crippen LogP contribution in [-0.2, 0) is 28.7 Å². The van der Waals surface area contributed by atoms with E-state index in [0.717, 1.165) is 28.0 Å². The monoisotopic (exact) mass is 953 g/mol. The molecule has 0 aromatic heterocycles. The summed E-state index contributed by atoms with van der Waals surface area (Å²) in [5, 5.41) is 1.38. The molecule has 1 amide bonds. The van der Waals surface area contributed by atoms with Gasteiger partial charge in [0.2, 0.25) is 0 Å². The molecule has 258 valence electrons.